The van der Waals surface area contributed by atoms with Crippen LogP contribution in [0.2, 0.25) is 0 Å². The zero-order valence-electron chi connectivity index (χ0n) is 16.8. The van der Waals surface area contributed by atoms with Crippen molar-refractivity contribution in [3.8, 4) is 0 Å². The van der Waals surface area contributed by atoms with Gasteiger partial charge in [-0.05, 0) is 50.1 Å². The summed E-state index contributed by atoms with van der Waals surface area (Å²) in [6.07, 6.45) is 1.97. The van der Waals surface area contributed by atoms with Crippen molar-refractivity contribution in [3.05, 3.63) is 107 Å². The molecule has 1 N–H and O–H groups in total. The van der Waals surface area contributed by atoms with Crippen LogP contribution in [0.4, 0.5) is 0 Å². The zero-order valence-corrected chi connectivity index (χ0v) is 17.6. The molecule has 1 atom stereocenters. The highest BCUT2D eigenvalue weighted by molar-refractivity contribution is 7.89. The van der Waals surface area contributed by atoms with E-state index in [2.05, 4.69) is 5.43 Å². The molecule has 1 aliphatic heterocycles. The number of hydrogen-bond acceptors (Lipinski definition) is 3. The molecule has 0 unspecified atom stereocenters. The van der Waals surface area contributed by atoms with Crippen molar-refractivity contribution in [1.82, 2.24) is 9.84 Å². The minimum Gasteiger partial charge on any atom is -0.304 e. The first-order valence-corrected chi connectivity index (χ1v) is 11.0. The van der Waals surface area contributed by atoms with Gasteiger partial charge >= 0.3 is 0 Å². The Morgan fingerprint density at radius 2 is 1.21 bits per heavy atom. The fourth-order valence-corrected chi connectivity index (χ4v) is 4.78. The fraction of sp³-hybridized carbons (Fsp3) is 0.167. The number of benzene rings is 3. The molecule has 3 aromatic rings. The molecule has 4 rings (SSSR count). The maximum atomic E-state index is 13.5. The zero-order chi connectivity index (χ0) is 20.6. The number of hydrazine groups is 1. The fourth-order valence-electron chi connectivity index (χ4n) is 3.37. The summed E-state index contributed by atoms with van der Waals surface area (Å²) >= 11 is 0. The first-order chi connectivity index (χ1) is 13.8. The highest BCUT2D eigenvalue weighted by Crippen LogP contribution is 2.35. The second kappa shape index (κ2) is 7.50. The van der Waals surface area contributed by atoms with Crippen LogP contribution in [-0.4, -0.2) is 12.8 Å². The maximum absolute atomic E-state index is 13.5. The minimum absolute atomic E-state index is 0.270. The summed E-state index contributed by atoms with van der Waals surface area (Å²) in [5.74, 6) is 0. The first-order valence-electron chi connectivity index (χ1n) is 9.58. The molecule has 0 spiro atoms. The summed E-state index contributed by atoms with van der Waals surface area (Å²) in [7, 11) is -3.74. The van der Waals surface area contributed by atoms with Crippen molar-refractivity contribution in [2.45, 2.75) is 31.7 Å². The Morgan fingerprint density at radius 1 is 0.724 bits per heavy atom. The van der Waals surface area contributed by atoms with E-state index in [1.54, 1.807) is 12.1 Å². The standard InChI is InChI=1S/C24H24N2O2S/c1-17-4-10-20(11-5-17)23-16-24(21-12-6-18(2)7-13-21)26(25-23)29(27,28)22-14-8-19(3)9-15-22/h4-16,24-25H,1-3H3/t24-/m0/s1. The van der Waals surface area contributed by atoms with Gasteiger partial charge in [-0.25, -0.2) is 8.42 Å². The van der Waals surface area contributed by atoms with Gasteiger partial charge < -0.3 is 5.43 Å². The summed E-state index contributed by atoms with van der Waals surface area (Å²) in [5.41, 5.74) is 9.12. The lowest BCUT2D eigenvalue weighted by atomic mass is 10.0. The Bertz CT molecular complexity index is 1150. The van der Waals surface area contributed by atoms with Gasteiger partial charge in [0.1, 0.15) is 0 Å². The van der Waals surface area contributed by atoms with E-state index in [1.165, 1.54) is 4.41 Å². The van der Waals surface area contributed by atoms with Gasteiger partial charge in [-0.1, -0.05) is 77.4 Å². The van der Waals surface area contributed by atoms with E-state index in [1.807, 2.05) is 87.5 Å². The molecule has 0 saturated carbocycles. The van der Waals surface area contributed by atoms with Crippen molar-refractivity contribution in [3.63, 3.8) is 0 Å². The molecule has 4 nitrogen and oxygen atoms in total. The van der Waals surface area contributed by atoms with E-state index in [0.29, 0.717) is 0 Å². The maximum Gasteiger partial charge on any atom is 0.260 e. The Morgan fingerprint density at radius 3 is 1.76 bits per heavy atom. The van der Waals surface area contributed by atoms with Crippen LogP contribution in [0.1, 0.15) is 33.9 Å². The molecular formula is C24H24N2O2S. The summed E-state index contributed by atoms with van der Waals surface area (Å²) in [6.45, 7) is 5.99. The second-order valence-electron chi connectivity index (χ2n) is 7.53. The molecule has 0 aromatic heterocycles. The molecule has 148 valence electrons. The molecule has 0 radical (unpaired) electrons. The smallest absolute Gasteiger partial charge is 0.260 e. The van der Waals surface area contributed by atoms with Gasteiger partial charge in [0.15, 0.2) is 0 Å². The Labute approximate surface area is 172 Å². The summed E-state index contributed by atoms with van der Waals surface area (Å²) < 4.78 is 28.3. The van der Waals surface area contributed by atoms with Crippen LogP contribution in [0.3, 0.4) is 0 Å². The van der Waals surface area contributed by atoms with Crippen molar-refractivity contribution in [2.24, 2.45) is 0 Å². The number of nitrogens with zero attached hydrogens (tertiary/aromatic N) is 1. The van der Waals surface area contributed by atoms with E-state index in [-0.39, 0.29) is 4.90 Å². The monoisotopic (exact) mass is 404 g/mol. The van der Waals surface area contributed by atoms with E-state index in [0.717, 1.165) is 33.5 Å². The van der Waals surface area contributed by atoms with Gasteiger partial charge in [-0.15, -0.1) is 4.41 Å². The molecule has 1 heterocycles. The van der Waals surface area contributed by atoms with Crippen LogP contribution < -0.4 is 5.43 Å². The lowest BCUT2D eigenvalue weighted by Crippen LogP contribution is -2.39. The third-order valence-corrected chi connectivity index (χ3v) is 6.87. The predicted octanol–water partition coefficient (Wildman–Crippen LogP) is 4.90. The van der Waals surface area contributed by atoms with Crippen LogP contribution >= 0.6 is 0 Å². The van der Waals surface area contributed by atoms with Gasteiger partial charge in [0.25, 0.3) is 10.0 Å². The van der Waals surface area contributed by atoms with Crippen LogP contribution in [0, 0.1) is 20.8 Å². The summed E-state index contributed by atoms with van der Waals surface area (Å²) in [5, 5.41) is 0. The molecule has 0 saturated heterocycles. The Hall–Kier alpha value is -2.89. The van der Waals surface area contributed by atoms with E-state index >= 15 is 0 Å². The van der Waals surface area contributed by atoms with Crippen molar-refractivity contribution in [1.29, 1.82) is 0 Å². The Balaban J connectivity index is 1.78. The van der Waals surface area contributed by atoms with Gasteiger partial charge in [-0.2, -0.15) is 0 Å². The second-order valence-corrected chi connectivity index (χ2v) is 9.34. The van der Waals surface area contributed by atoms with E-state index in [4.69, 9.17) is 0 Å². The highest BCUT2D eigenvalue weighted by atomic mass is 32.2. The average molecular weight is 405 g/mol. The number of nitrogens with one attached hydrogen (secondary N) is 1. The molecule has 3 aromatic carbocycles. The van der Waals surface area contributed by atoms with Gasteiger partial charge in [0.2, 0.25) is 0 Å². The number of rotatable bonds is 4. The van der Waals surface area contributed by atoms with Crippen molar-refractivity contribution >= 4 is 15.7 Å². The van der Waals surface area contributed by atoms with Gasteiger partial charge in [0, 0.05) is 0 Å². The molecule has 0 fully saturated rings. The summed E-state index contributed by atoms with van der Waals surface area (Å²) in [6, 6.07) is 22.5. The molecule has 0 bridgehead atoms. The van der Waals surface area contributed by atoms with Gasteiger partial charge in [-0.3, -0.25) is 0 Å². The quantitative estimate of drug-likeness (QED) is 0.673. The van der Waals surface area contributed by atoms with Crippen LogP contribution in [0.5, 0.6) is 0 Å². The third-order valence-electron chi connectivity index (χ3n) is 5.17. The lowest BCUT2D eigenvalue weighted by molar-refractivity contribution is 0.348. The lowest BCUT2D eigenvalue weighted by Gasteiger charge is -2.25. The molecule has 1 aliphatic rings. The van der Waals surface area contributed by atoms with Crippen molar-refractivity contribution in [2.75, 3.05) is 0 Å². The topological polar surface area (TPSA) is 49.4 Å². The summed E-state index contributed by atoms with van der Waals surface area (Å²) in [4.78, 5) is 0.270. The molecule has 0 amide bonds. The third kappa shape index (κ3) is 3.84. The van der Waals surface area contributed by atoms with E-state index in [9.17, 15) is 8.42 Å². The Kier molecular flexibility index (Phi) is 5.03. The SMILES string of the molecule is Cc1ccc(C2=C[C@@H](c3ccc(C)cc3)N(S(=O)(=O)c3ccc(C)cc3)N2)cc1. The van der Waals surface area contributed by atoms with Gasteiger partial charge in [0.05, 0.1) is 16.6 Å². The van der Waals surface area contributed by atoms with Crippen LogP contribution in [0.25, 0.3) is 5.70 Å². The first kappa shape index (κ1) is 19.4. The van der Waals surface area contributed by atoms with E-state index < -0.39 is 16.1 Å². The predicted molar refractivity (Wildman–Crippen MR) is 116 cm³/mol. The normalized spacial score (nSPS) is 17.1. The minimum atomic E-state index is -3.74. The molecule has 0 aliphatic carbocycles. The molecular weight excluding hydrogens is 380 g/mol. The molecule has 5 heteroatoms. The highest BCUT2D eigenvalue weighted by Gasteiger charge is 2.36. The number of hydrogen-bond donors (Lipinski definition) is 1. The van der Waals surface area contributed by atoms with Crippen LogP contribution in [0.15, 0.2) is 83.8 Å². The average Bonchev–Trinajstić information content (AvgIpc) is 3.16. The molecule has 29 heavy (non-hydrogen) atoms. The number of sulfonamides is 1. The number of aryl methyl sites for hydroxylation is 3. The van der Waals surface area contributed by atoms with Crippen LogP contribution in [-0.2, 0) is 10.0 Å². The van der Waals surface area contributed by atoms with Crippen molar-refractivity contribution < 1.29 is 8.42 Å². The largest absolute Gasteiger partial charge is 0.304 e.